The molecular weight excluding hydrogens is 174 g/mol. The van der Waals surface area contributed by atoms with Gasteiger partial charge in [0.15, 0.2) is 0 Å². The van der Waals surface area contributed by atoms with Gasteiger partial charge in [0.1, 0.15) is 5.65 Å². The van der Waals surface area contributed by atoms with Crippen molar-refractivity contribution in [3.05, 3.63) is 35.8 Å². The molecule has 3 heteroatoms. The van der Waals surface area contributed by atoms with Gasteiger partial charge in [-0.15, -0.1) is 0 Å². The Hall–Kier alpha value is -1.82. The molecule has 0 fully saturated rings. The van der Waals surface area contributed by atoms with E-state index in [1.54, 1.807) is 0 Å². The van der Waals surface area contributed by atoms with Gasteiger partial charge in [-0.05, 0) is 25.5 Å². The van der Waals surface area contributed by atoms with Gasteiger partial charge in [-0.2, -0.15) is 5.26 Å². The molecule has 0 aliphatic rings. The summed E-state index contributed by atoms with van der Waals surface area (Å²) in [5.41, 5.74) is 2.94. The zero-order chi connectivity index (χ0) is 10.1. The molecular formula is C11H11N3. The maximum Gasteiger partial charge on any atom is 0.136 e. The molecule has 0 bridgehead atoms. The third-order valence-corrected chi connectivity index (χ3v) is 2.29. The molecule has 1 atom stereocenters. The highest BCUT2D eigenvalue weighted by molar-refractivity contribution is 5.42. The molecule has 0 aliphatic heterocycles. The second-order valence-corrected chi connectivity index (χ2v) is 3.46. The first-order chi connectivity index (χ1) is 6.70. The standard InChI is InChI=1S/C11H11N3/c1-8(5-12)10-3-4-11-13-9(2)6-14(11)7-10/h3-4,6-8H,1-2H3. The molecule has 3 nitrogen and oxygen atoms in total. The van der Waals surface area contributed by atoms with E-state index in [0.717, 1.165) is 16.9 Å². The van der Waals surface area contributed by atoms with E-state index in [1.165, 1.54) is 0 Å². The molecule has 0 radical (unpaired) electrons. The van der Waals surface area contributed by atoms with Crippen molar-refractivity contribution < 1.29 is 0 Å². The Balaban J connectivity index is 2.57. The van der Waals surface area contributed by atoms with Crippen molar-refractivity contribution >= 4 is 5.65 Å². The molecule has 0 aliphatic carbocycles. The van der Waals surface area contributed by atoms with Crippen LogP contribution in [0.3, 0.4) is 0 Å². The Morgan fingerprint density at radius 1 is 1.43 bits per heavy atom. The van der Waals surface area contributed by atoms with Gasteiger partial charge in [-0.25, -0.2) is 4.98 Å². The van der Waals surface area contributed by atoms with Crippen LogP contribution in [-0.4, -0.2) is 9.38 Å². The Morgan fingerprint density at radius 3 is 2.93 bits per heavy atom. The van der Waals surface area contributed by atoms with Crippen molar-refractivity contribution in [3.63, 3.8) is 0 Å². The van der Waals surface area contributed by atoms with E-state index in [9.17, 15) is 0 Å². The van der Waals surface area contributed by atoms with Crippen molar-refractivity contribution in [1.29, 1.82) is 5.26 Å². The number of imidazole rings is 1. The summed E-state index contributed by atoms with van der Waals surface area (Å²) in [6.45, 7) is 3.85. The van der Waals surface area contributed by atoms with Crippen molar-refractivity contribution in [2.45, 2.75) is 19.8 Å². The number of aromatic nitrogens is 2. The number of aryl methyl sites for hydroxylation is 1. The van der Waals surface area contributed by atoms with E-state index in [0.29, 0.717) is 0 Å². The van der Waals surface area contributed by atoms with Crippen LogP contribution in [0, 0.1) is 18.3 Å². The van der Waals surface area contributed by atoms with Crippen LogP contribution in [-0.2, 0) is 0 Å². The quantitative estimate of drug-likeness (QED) is 0.683. The minimum atomic E-state index is -0.0675. The molecule has 0 spiro atoms. The molecule has 1 unspecified atom stereocenters. The van der Waals surface area contributed by atoms with Crippen LogP contribution in [0.2, 0.25) is 0 Å². The number of rotatable bonds is 1. The average molecular weight is 185 g/mol. The summed E-state index contributed by atoms with van der Waals surface area (Å²) in [7, 11) is 0. The number of pyridine rings is 1. The van der Waals surface area contributed by atoms with Gasteiger partial charge >= 0.3 is 0 Å². The molecule has 0 saturated carbocycles. The Morgan fingerprint density at radius 2 is 2.21 bits per heavy atom. The van der Waals surface area contributed by atoms with Gasteiger partial charge < -0.3 is 4.40 Å². The summed E-state index contributed by atoms with van der Waals surface area (Å²) < 4.78 is 1.96. The van der Waals surface area contributed by atoms with Crippen molar-refractivity contribution in [3.8, 4) is 6.07 Å². The van der Waals surface area contributed by atoms with Crippen LogP contribution in [0.25, 0.3) is 5.65 Å². The van der Waals surface area contributed by atoms with Gasteiger partial charge in [-0.3, -0.25) is 0 Å². The highest BCUT2D eigenvalue weighted by Gasteiger charge is 2.05. The van der Waals surface area contributed by atoms with Crippen molar-refractivity contribution in [2.24, 2.45) is 0 Å². The van der Waals surface area contributed by atoms with E-state index >= 15 is 0 Å². The maximum absolute atomic E-state index is 8.79. The number of hydrogen-bond acceptors (Lipinski definition) is 2. The first kappa shape index (κ1) is 8.76. The molecule has 2 heterocycles. The van der Waals surface area contributed by atoms with Crippen molar-refractivity contribution in [1.82, 2.24) is 9.38 Å². The molecule has 2 rings (SSSR count). The lowest BCUT2D eigenvalue weighted by molar-refractivity contribution is 0.956. The van der Waals surface area contributed by atoms with Crippen LogP contribution in [0.5, 0.6) is 0 Å². The first-order valence-electron chi connectivity index (χ1n) is 4.55. The SMILES string of the molecule is Cc1cn2cc(C(C)C#N)ccc2n1. The summed E-state index contributed by atoms with van der Waals surface area (Å²) >= 11 is 0. The third kappa shape index (κ3) is 1.35. The number of fused-ring (bicyclic) bond motifs is 1. The van der Waals surface area contributed by atoms with Crippen LogP contribution in [0.15, 0.2) is 24.5 Å². The normalized spacial score (nSPS) is 12.6. The minimum absolute atomic E-state index is 0.0675. The van der Waals surface area contributed by atoms with Gasteiger partial charge in [-0.1, -0.05) is 6.07 Å². The topological polar surface area (TPSA) is 41.1 Å². The number of hydrogen-bond donors (Lipinski definition) is 0. The van der Waals surface area contributed by atoms with E-state index in [2.05, 4.69) is 11.1 Å². The van der Waals surface area contributed by atoms with Crippen LogP contribution < -0.4 is 0 Å². The van der Waals surface area contributed by atoms with Gasteiger partial charge in [0, 0.05) is 12.4 Å². The van der Waals surface area contributed by atoms with Crippen molar-refractivity contribution in [2.75, 3.05) is 0 Å². The summed E-state index contributed by atoms with van der Waals surface area (Å²) in [5, 5.41) is 8.79. The summed E-state index contributed by atoms with van der Waals surface area (Å²) in [6.07, 6.45) is 3.92. The molecule has 0 saturated heterocycles. The largest absolute Gasteiger partial charge is 0.307 e. The first-order valence-corrected chi connectivity index (χ1v) is 4.55. The van der Waals surface area contributed by atoms with E-state index < -0.39 is 0 Å². The highest BCUT2D eigenvalue weighted by atomic mass is 15.0. The average Bonchev–Trinajstić information content (AvgIpc) is 2.55. The zero-order valence-electron chi connectivity index (χ0n) is 8.23. The minimum Gasteiger partial charge on any atom is -0.307 e. The molecule has 14 heavy (non-hydrogen) atoms. The smallest absolute Gasteiger partial charge is 0.136 e. The Kier molecular flexibility index (Phi) is 1.97. The number of nitrogens with zero attached hydrogens (tertiary/aromatic N) is 3. The number of nitriles is 1. The predicted molar refractivity (Wildman–Crippen MR) is 54.0 cm³/mol. The van der Waals surface area contributed by atoms with Gasteiger partial charge in [0.25, 0.3) is 0 Å². The highest BCUT2D eigenvalue weighted by Crippen LogP contribution is 2.15. The molecule has 70 valence electrons. The van der Waals surface area contributed by atoms with E-state index in [1.807, 2.05) is 42.8 Å². The fraction of sp³-hybridized carbons (Fsp3) is 0.273. The summed E-state index contributed by atoms with van der Waals surface area (Å²) in [5.74, 6) is -0.0675. The lowest BCUT2D eigenvalue weighted by Crippen LogP contribution is -1.92. The van der Waals surface area contributed by atoms with Crippen LogP contribution >= 0.6 is 0 Å². The second-order valence-electron chi connectivity index (χ2n) is 3.46. The van der Waals surface area contributed by atoms with Crippen LogP contribution in [0.4, 0.5) is 0 Å². The van der Waals surface area contributed by atoms with Gasteiger partial charge in [0.05, 0.1) is 17.7 Å². The second kappa shape index (κ2) is 3.15. The molecule has 2 aromatic rings. The summed E-state index contributed by atoms with van der Waals surface area (Å²) in [6, 6.07) is 6.11. The molecule has 0 amide bonds. The fourth-order valence-electron chi connectivity index (χ4n) is 1.47. The maximum atomic E-state index is 8.79. The van der Waals surface area contributed by atoms with Gasteiger partial charge in [0.2, 0.25) is 0 Å². The predicted octanol–water partition coefficient (Wildman–Crippen LogP) is 2.27. The van der Waals surface area contributed by atoms with E-state index in [4.69, 9.17) is 5.26 Å². The Bertz CT molecular complexity index is 505. The molecule has 0 aromatic carbocycles. The van der Waals surface area contributed by atoms with E-state index in [-0.39, 0.29) is 5.92 Å². The zero-order valence-corrected chi connectivity index (χ0v) is 8.23. The third-order valence-electron chi connectivity index (χ3n) is 2.29. The molecule has 2 aromatic heterocycles. The molecule has 0 N–H and O–H groups in total. The summed E-state index contributed by atoms with van der Waals surface area (Å²) in [4.78, 5) is 4.32. The lowest BCUT2D eigenvalue weighted by atomic mass is 10.1. The lowest BCUT2D eigenvalue weighted by Gasteiger charge is -2.02. The Labute approximate surface area is 82.6 Å². The van der Waals surface area contributed by atoms with Crippen LogP contribution in [0.1, 0.15) is 24.1 Å². The fourth-order valence-corrected chi connectivity index (χ4v) is 1.47. The monoisotopic (exact) mass is 185 g/mol.